The molecule has 2 heterocycles. The maximum atomic E-state index is 11.1. The molecule has 0 bridgehead atoms. The van der Waals surface area contributed by atoms with E-state index in [4.69, 9.17) is 0 Å². The van der Waals surface area contributed by atoms with Crippen molar-refractivity contribution in [3.63, 3.8) is 0 Å². The largest absolute Gasteiger partial charge is 0.493 e. The van der Waals surface area contributed by atoms with Crippen LogP contribution in [0.4, 0.5) is 5.69 Å². The first-order chi connectivity index (χ1) is 8.65. The third kappa shape index (κ3) is 1.57. The van der Waals surface area contributed by atoms with Crippen LogP contribution >= 0.6 is 0 Å². The molecule has 5 heteroatoms. The molecule has 0 amide bonds. The third-order valence-corrected chi connectivity index (χ3v) is 2.90. The van der Waals surface area contributed by atoms with Crippen molar-refractivity contribution in [2.45, 2.75) is 6.92 Å². The second-order valence-corrected chi connectivity index (χ2v) is 4.11. The van der Waals surface area contributed by atoms with E-state index in [-0.39, 0.29) is 5.88 Å². The van der Waals surface area contributed by atoms with Crippen LogP contribution in [-0.2, 0) is 0 Å². The quantitative estimate of drug-likeness (QED) is 0.714. The number of nitrogens with one attached hydrogen (secondary N) is 2. The predicted octanol–water partition coefficient (Wildman–Crippen LogP) is 2.06. The zero-order valence-corrected chi connectivity index (χ0v) is 9.69. The van der Waals surface area contributed by atoms with E-state index < -0.39 is 5.69 Å². The third-order valence-electron chi connectivity index (χ3n) is 2.90. The highest BCUT2D eigenvalue weighted by Gasteiger charge is 2.17. The lowest BCUT2D eigenvalue weighted by molar-refractivity contribution is 0.454. The molecule has 5 nitrogen and oxygen atoms in total. The lowest BCUT2D eigenvalue weighted by Crippen LogP contribution is -2.00. The summed E-state index contributed by atoms with van der Waals surface area (Å²) in [5.41, 5.74) is 3.59. The highest BCUT2D eigenvalue weighted by molar-refractivity contribution is 6.31. The van der Waals surface area contributed by atoms with Crippen molar-refractivity contribution < 1.29 is 5.11 Å². The van der Waals surface area contributed by atoms with Gasteiger partial charge in [-0.25, -0.2) is 4.79 Å². The molecule has 0 radical (unpaired) electrons. The van der Waals surface area contributed by atoms with Gasteiger partial charge in [0.1, 0.15) is 5.69 Å². The topological polar surface area (TPSA) is 81.2 Å². The summed E-state index contributed by atoms with van der Waals surface area (Å²) in [7, 11) is 0. The zero-order valence-electron chi connectivity index (χ0n) is 9.69. The summed E-state index contributed by atoms with van der Waals surface area (Å²) in [5, 5.41) is 9.55. The fraction of sp³-hybridized carbons (Fsp3) is 0.0769. The number of hydrogen-bond donors (Lipinski definition) is 3. The summed E-state index contributed by atoms with van der Waals surface area (Å²) < 4.78 is 0. The molecule has 1 aromatic carbocycles. The Balaban J connectivity index is 2.16. The normalized spacial score (nSPS) is 15.8. The summed E-state index contributed by atoms with van der Waals surface area (Å²) in [4.78, 5) is 20.3. The fourth-order valence-corrected chi connectivity index (χ4v) is 2.05. The first kappa shape index (κ1) is 10.6. The molecule has 0 aliphatic carbocycles. The highest BCUT2D eigenvalue weighted by atomic mass is 16.3. The molecule has 1 aliphatic heterocycles. The Morgan fingerprint density at radius 1 is 1.28 bits per heavy atom. The van der Waals surface area contributed by atoms with Gasteiger partial charge < -0.3 is 10.1 Å². The fourth-order valence-electron chi connectivity index (χ4n) is 2.05. The van der Waals surface area contributed by atoms with E-state index in [1.807, 2.05) is 31.2 Å². The number of imidazole rings is 1. The number of hydrogen-bond acceptors (Lipinski definition) is 3. The van der Waals surface area contributed by atoms with Crippen molar-refractivity contribution in [3.05, 3.63) is 46.0 Å². The minimum absolute atomic E-state index is 0.162. The summed E-state index contributed by atoms with van der Waals surface area (Å²) in [5.74, 6) is -0.162. The van der Waals surface area contributed by atoms with Crippen molar-refractivity contribution in [1.29, 1.82) is 0 Å². The van der Waals surface area contributed by atoms with Gasteiger partial charge in [-0.3, -0.25) is 9.98 Å². The van der Waals surface area contributed by atoms with Gasteiger partial charge in [-0.1, -0.05) is 18.2 Å². The van der Waals surface area contributed by atoms with E-state index in [9.17, 15) is 9.90 Å². The molecule has 1 aromatic heterocycles. The Morgan fingerprint density at radius 2 is 2.06 bits per heavy atom. The first-order valence-electron chi connectivity index (χ1n) is 5.53. The molecule has 18 heavy (non-hydrogen) atoms. The monoisotopic (exact) mass is 241 g/mol. The van der Waals surface area contributed by atoms with Gasteiger partial charge in [-0.2, -0.15) is 0 Å². The molecule has 0 saturated heterocycles. The highest BCUT2D eigenvalue weighted by Crippen LogP contribution is 2.35. The average Bonchev–Trinajstić information content (AvgIpc) is 2.81. The second-order valence-electron chi connectivity index (χ2n) is 4.11. The number of rotatable bonds is 1. The van der Waals surface area contributed by atoms with Gasteiger partial charge in [0.25, 0.3) is 0 Å². The van der Waals surface area contributed by atoms with E-state index in [2.05, 4.69) is 15.0 Å². The number of benzene rings is 1. The van der Waals surface area contributed by atoms with Crippen LogP contribution in [0.5, 0.6) is 5.88 Å². The van der Waals surface area contributed by atoms with Crippen LogP contribution in [0.15, 0.2) is 34.1 Å². The van der Waals surface area contributed by atoms with Gasteiger partial charge in [0.15, 0.2) is 0 Å². The van der Waals surface area contributed by atoms with Gasteiger partial charge >= 0.3 is 5.69 Å². The molecule has 0 saturated carbocycles. The van der Waals surface area contributed by atoms with E-state index in [1.54, 1.807) is 6.08 Å². The van der Waals surface area contributed by atoms with Crippen molar-refractivity contribution in [1.82, 2.24) is 9.97 Å². The Labute approximate surface area is 103 Å². The minimum atomic E-state index is -0.430. The van der Waals surface area contributed by atoms with Gasteiger partial charge in [-0.05, 0) is 19.1 Å². The van der Waals surface area contributed by atoms with E-state index in [1.165, 1.54) is 0 Å². The lowest BCUT2D eigenvalue weighted by Gasteiger charge is -2.00. The van der Waals surface area contributed by atoms with Gasteiger partial charge in [0.05, 0.1) is 5.69 Å². The molecule has 2 aromatic rings. The van der Waals surface area contributed by atoms with Crippen molar-refractivity contribution in [2.24, 2.45) is 4.99 Å². The van der Waals surface area contributed by atoms with Crippen LogP contribution in [0.1, 0.15) is 18.2 Å². The van der Waals surface area contributed by atoms with Gasteiger partial charge in [-0.15, -0.1) is 0 Å². The molecular formula is C13H11N3O2. The molecule has 3 N–H and O–H groups in total. The Morgan fingerprint density at radius 3 is 2.78 bits per heavy atom. The lowest BCUT2D eigenvalue weighted by atomic mass is 10.0. The number of para-hydroxylation sites is 1. The van der Waals surface area contributed by atoms with Crippen molar-refractivity contribution in [2.75, 3.05) is 0 Å². The number of aromatic hydroxyl groups is 1. The first-order valence-corrected chi connectivity index (χ1v) is 5.53. The number of aromatic nitrogens is 2. The Hall–Kier alpha value is -2.56. The van der Waals surface area contributed by atoms with Crippen molar-refractivity contribution >= 4 is 23.0 Å². The summed E-state index contributed by atoms with van der Waals surface area (Å²) >= 11 is 0. The molecular weight excluding hydrogens is 230 g/mol. The van der Waals surface area contributed by atoms with Crippen LogP contribution in [0.3, 0.4) is 0 Å². The number of aliphatic imine (C=N–C) groups is 1. The maximum absolute atomic E-state index is 11.1. The van der Waals surface area contributed by atoms with E-state index in [0.717, 1.165) is 22.5 Å². The van der Waals surface area contributed by atoms with Gasteiger partial charge in [0.2, 0.25) is 5.88 Å². The minimum Gasteiger partial charge on any atom is -0.493 e. The Bertz CT molecular complexity index is 735. The van der Waals surface area contributed by atoms with Gasteiger partial charge in [0, 0.05) is 16.8 Å². The van der Waals surface area contributed by atoms with Crippen LogP contribution in [0, 0.1) is 0 Å². The summed E-state index contributed by atoms with van der Waals surface area (Å²) in [6, 6.07) is 7.75. The Kier molecular flexibility index (Phi) is 2.19. The number of nitrogens with zero attached hydrogens (tertiary/aromatic N) is 1. The molecule has 0 unspecified atom stereocenters. The molecule has 0 fully saturated rings. The maximum Gasteiger partial charge on any atom is 0.326 e. The van der Waals surface area contributed by atoms with E-state index >= 15 is 0 Å². The summed E-state index contributed by atoms with van der Waals surface area (Å²) in [6.45, 7) is 1.90. The molecule has 0 atom stereocenters. The number of H-pyrrole nitrogens is 2. The number of allylic oxidation sites excluding steroid dienone is 1. The smallest absolute Gasteiger partial charge is 0.326 e. The second kappa shape index (κ2) is 3.73. The van der Waals surface area contributed by atoms with E-state index in [0.29, 0.717) is 5.69 Å². The van der Waals surface area contributed by atoms with Crippen LogP contribution < -0.4 is 5.69 Å². The molecule has 1 aliphatic rings. The predicted molar refractivity (Wildman–Crippen MR) is 70.2 cm³/mol. The number of aromatic amines is 2. The standard InChI is InChI=1S/C13H11N3O2/c1-7-9(6-11-12(17)16-13(18)15-11)8-4-2-3-5-10(8)14-7/h2-6,17H,1H3,(H2,15,16,18)/b9-6-. The van der Waals surface area contributed by atoms with Crippen molar-refractivity contribution in [3.8, 4) is 5.88 Å². The average molecular weight is 241 g/mol. The zero-order chi connectivity index (χ0) is 12.7. The molecule has 0 spiro atoms. The molecule has 3 rings (SSSR count). The van der Waals surface area contributed by atoms with Crippen LogP contribution in [-0.4, -0.2) is 20.8 Å². The molecule has 90 valence electrons. The van der Waals surface area contributed by atoms with Crippen LogP contribution in [0.2, 0.25) is 0 Å². The van der Waals surface area contributed by atoms with Crippen LogP contribution in [0.25, 0.3) is 11.6 Å². The summed E-state index contributed by atoms with van der Waals surface area (Å²) in [6.07, 6.45) is 1.72. The SMILES string of the molecule is CC1=Nc2ccccc2/C1=C\c1[nH]c(=O)[nH]c1O. The number of fused-ring (bicyclic) bond motifs is 1.